The molecule has 1 N–H and O–H groups in total. The Morgan fingerprint density at radius 1 is 1.45 bits per heavy atom. The summed E-state index contributed by atoms with van der Waals surface area (Å²) in [6, 6.07) is 1.69. The first kappa shape index (κ1) is 13.8. The minimum absolute atomic E-state index is 0.0523. The lowest BCUT2D eigenvalue weighted by atomic mass is 9.87. The van der Waals surface area contributed by atoms with E-state index in [0.29, 0.717) is 16.3 Å². The zero-order valence-electron chi connectivity index (χ0n) is 11.9. The van der Waals surface area contributed by atoms with Crippen LogP contribution in [0.25, 0.3) is 0 Å². The minimum atomic E-state index is -0.0523. The molecule has 1 aliphatic heterocycles. The van der Waals surface area contributed by atoms with E-state index in [1.165, 1.54) is 32.1 Å². The molecule has 0 radical (unpaired) electrons. The predicted octanol–water partition coefficient (Wildman–Crippen LogP) is 3.27. The Labute approximate surface area is 123 Å². The first-order chi connectivity index (χ1) is 9.67. The van der Waals surface area contributed by atoms with Crippen LogP contribution in [0.1, 0.15) is 37.9 Å². The molecule has 2 heterocycles. The molecule has 3 rings (SSSR count). The van der Waals surface area contributed by atoms with Crippen LogP contribution in [0.4, 0.5) is 10.6 Å². The Kier molecular flexibility index (Phi) is 3.92. The van der Waals surface area contributed by atoms with Crippen LogP contribution in [0, 0.1) is 6.92 Å². The Morgan fingerprint density at radius 2 is 2.25 bits per heavy atom. The van der Waals surface area contributed by atoms with Crippen LogP contribution in [-0.2, 0) is 0 Å². The Morgan fingerprint density at radius 3 is 2.95 bits per heavy atom. The monoisotopic (exact) mass is 295 g/mol. The molecule has 1 saturated carbocycles. The number of rotatable bonds is 1. The molecule has 110 valence electrons. The van der Waals surface area contributed by atoms with Gasteiger partial charge in [0.25, 0.3) is 0 Å². The largest absolute Gasteiger partial charge is 0.360 e. The number of hydrogen-bond donors (Lipinski definition) is 1. The quantitative estimate of drug-likeness (QED) is 0.864. The zero-order valence-corrected chi connectivity index (χ0v) is 12.7. The fourth-order valence-electron chi connectivity index (χ4n) is 3.13. The van der Waals surface area contributed by atoms with E-state index in [2.05, 4.69) is 22.2 Å². The summed E-state index contributed by atoms with van der Waals surface area (Å²) < 4.78 is 5.27. The van der Waals surface area contributed by atoms with Gasteiger partial charge >= 0.3 is 6.03 Å². The minimum Gasteiger partial charge on any atom is -0.360 e. The molecule has 1 saturated heterocycles. The third-order valence-electron chi connectivity index (χ3n) is 4.16. The van der Waals surface area contributed by atoms with Gasteiger partial charge in [-0.25, -0.2) is 4.79 Å². The molecule has 0 unspecified atom stereocenters. The molecule has 0 atom stereocenters. The predicted molar refractivity (Wildman–Crippen MR) is 80.1 cm³/mol. The van der Waals surface area contributed by atoms with Crippen LogP contribution in [-0.4, -0.2) is 39.7 Å². The molecule has 2 aliphatic rings. The van der Waals surface area contributed by atoms with Gasteiger partial charge in [0, 0.05) is 29.7 Å². The van der Waals surface area contributed by atoms with Crippen LogP contribution in [0.15, 0.2) is 10.6 Å². The van der Waals surface area contributed by atoms with E-state index in [0.717, 1.165) is 18.8 Å². The average Bonchev–Trinajstić information content (AvgIpc) is 2.85. The third kappa shape index (κ3) is 2.95. The van der Waals surface area contributed by atoms with Crippen LogP contribution >= 0.6 is 11.8 Å². The smallest absolute Gasteiger partial charge is 0.323 e. The standard InChI is InChI=1S/C14H21N3O2S/c1-11-9-12(16-19-11)15-13(18)17-7-8-20-14(10-17)5-3-2-4-6-14/h9H,2-8,10H2,1H3,(H,15,16,18). The van der Waals surface area contributed by atoms with E-state index >= 15 is 0 Å². The first-order valence-electron chi connectivity index (χ1n) is 7.30. The maximum absolute atomic E-state index is 12.3. The highest BCUT2D eigenvalue weighted by molar-refractivity contribution is 8.00. The van der Waals surface area contributed by atoms with Crippen molar-refractivity contribution in [1.82, 2.24) is 10.1 Å². The van der Waals surface area contributed by atoms with E-state index in [4.69, 9.17) is 4.52 Å². The summed E-state index contributed by atoms with van der Waals surface area (Å²) in [6.07, 6.45) is 6.41. The number of carbonyl (C=O) groups is 1. The maximum atomic E-state index is 12.3. The van der Waals surface area contributed by atoms with Gasteiger partial charge in [0.2, 0.25) is 0 Å². The lowest BCUT2D eigenvalue weighted by molar-refractivity contribution is 0.198. The number of nitrogens with one attached hydrogen (secondary N) is 1. The van der Waals surface area contributed by atoms with Crippen molar-refractivity contribution in [2.75, 3.05) is 24.2 Å². The molecule has 5 nitrogen and oxygen atoms in total. The molecule has 20 heavy (non-hydrogen) atoms. The number of carbonyl (C=O) groups excluding carboxylic acids is 1. The van der Waals surface area contributed by atoms with Crippen molar-refractivity contribution in [2.45, 2.75) is 43.8 Å². The van der Waals surface area contributed by atoms with Gasteiger partial charge in [-0.1, -0.05) is 24.4 Å². The summed E-state index contributed by atoms with van der Waals surface area (Å²) in [5, 5.41) is 6.64. The summed E-state index contributed by atoms with van der Waals surface area (Å²) in [4.78, 5) is 14.3. The lowest BCUT2D eigenvalue weighted by Gasteiger charge is -2.44. The number of urea groups is 1. The Hall–Kier alpha value is -1.17. The normalized spacial score (nSPS) is 21.9. The second-order valence-corrected chi connectivity index (χ2v) is 7.33. The zero-order chi connectivity index (χ0) is 14.0. The van der Waals surface area contributed by atoms with E-state index in [1.807, 2.05) is 11.8 Å². The summed E-state index contributed by atoms with van der Waals surface area (Å²) in [5.41, 5.74) is 0. The van der Waals surface area contributed by atoms with Crippen LogP contribution in [0.2, 0.25) is 0 Å². The maximum Gasteiger partial charge on any atom is 0.323 e. The van der Waals surface area contributed by atoms with E-state index < -0.39 is 0 Å². The van der Waals surface area contributed by atoms with Crippen molar-refractivity contribution in [3.63, 3.8) is 0 Å². The van der Waals surface area contributed by atoms with E-state index in [9.17, 15) is 4.79 Å². The topological polar surface area (TPSA) is 58.4 Å². The van der Waals surface area contributed by atoms with Crippen molar-refractivity contribution < 1.29 is 9.32 Å². The number of thioether (sulfide) groups is 1. The van der Waals surface area contributed by atoms with Crippen LogP contribution < -0.4 is 5.32 Å². The van der Waals surface area contributed by atoms with Gasteiger partial charge in [-0.05, 0) is 19.8 Å². The Balaban J connectivity index is 1.62. The summed E-state index contributed by atoms with van der Waals surface area (Å²) in [5.74, 6) is 2.24. The van der Waals surface area contributed by atoms with Crippen molar-refractivity contribution in [2.24, 2.45) is 0 Å². The second-order valence-electron chi connectivity index (χ2n) is 5.77. The van der Waals surface area contributed by atoms with Gasteiger partial charge in [0.15, 0.2) is 5.82 Å². The second kappa shape index (κ2) is 5.68. The highest BCUT2D eigenvalue weighted by atomic mass is 32.2. The molecule has 0 aromatic carbocycles. The lowest BCUT2D eigenvalue weighted by Crippen LogP contribution is -2.51. The Bertz CT molecular complexity index is 477. The number of amides is 2. The molecule has 1 spiro atoms. The van der Waals surface area contributed by atoms with Crippen molar-refractivity contribution in [1.29, 1.82) is 0 Å². The highest BCUT2D eigenvalue weighted by Crippen LogP contribution is 2.42. The molecule has 1 aromatic heterocycles. The summed E-state index contributed by atoms with van der Waals surface area (Å²) in [6.45, 7) is 3.49. The van der Waals surface area contributed by atoms with Crippen molar-refractivity contribution in [3.8, 4) is 0 Å². The fourth-order valence-corrected chi connectivity index (χ4v) is 4.70. The molecule has 1 aliphatic carbocycles. The number of aromatic nitrogens is 1. The molecule has 6 heteroatoms. The summed E-state index contributed by atoms with van der Waals surface area (Å²) in [7, 11) is 0. The number of hydrogen-bond acceptors (Lipinski definition) is 4. The van der Waals surface area contributed by atoms with Crippen LogP contribution in [0.5, 0.6) is 0 Å². The molecule has 2 amide bonds. The van der Waals surface area contributed by atoms with Crippen molar-refractivity contribution >= 4 is 23.6 Å². The average molecular weight is 295 g/mol. The van der Waals surface area contributed by atoms with Gasteiger partial charge < -0.3 is 9.42 Å². The molecular formula is C14H21N3O2S. The van der Waals surface area contributed by atoms with Gasteiger partial charge in [0.05, 0.1) is 0 Å². The van der Waals surface area contributed by atoms with Gasteiger partial charge in [-0.15, -0.1) is 0 Å². The number of aryl methyl sites for hydroxylation is 1. The third-order valence-corrected chi connectivity index (χ3v) is 5.70. The van der Waals surface area contributed by atoms with Gasteiger partial charge in [-0.3, -0.25) is 5.32 Å². The van der Waals surface area contributed by atoms with Gasteiger partial charge in [-0.2, -0.15) is 11.8 Å². The van der Waals surface area contributed by atoms with Crippen molar-refractivity contribution in [3.05, 3.63) is 11.8 Å². The molecule has 0 bridgehead atoms. The van der Waals surface area contributed by atoms with E-state index in [-0.39, 0.29) is 6.03 Å². The molecule has 1 aromatic rings. The van der Waals surface area contributed by atoms with Gasteiger partial charge in [0.1, 0.15) is 5.76 Å². The SMILES string of the molecule is Cc1cc(NC(=O)N2CCSC3(CCCCC3)C2)no1. The molecular weight excluding hydrogens is 274 g/mol. The fraction of sp³-hybridized carbons (Fsp3) is 0.714. The summed E-state index contributed by atoms with van der Waals surface area (Å²) >= 11 is 2.06. The number of anilines is 1. The van der Waals surface area contributed by atoms with E-state index in [1.54, 1.807) is 6.07 Å². The molecule has 2 fully saturated rings. The number of nitrogens with zero attached hydrogens (tertiary/aromatic N) is 2. The first-order valence-corrected chi connectivity index (χ1v) is 8.29. The highest BCUT2D eigenvalue weighted by Gasteiger charge is 2.38. The van der Waals surface area contributed by atoms with Crippen LogP contribution in [0.3, 0.4) is 0 Å².